The Morgan fingerprint density at radius 2 is 1.81 bits per heavy atom. The van der Waals surface area contributed by atoms with E-state index in [1.165, 1.54) is 4.90 Å². The first-order valence-electron chi connectivity index (χ1n) is 12.4. The average Bonchev–Trinajstić information content (AvgIpc) is 3.47. The third-order valence-corrected chi connectivity index (χ3v) is 7.61. The maximum atomic E-state index is 13.9. The summed E-state index contributed by atoms with van der Waals surface area (Å²) in [4.78, 5) is 41.1. The second-order valence-corrected chi connectivity index (χ2v) is 10.4. The van der Waals surface area contributed by atoms with Crippen molar-refractivity contribution in [2.24, 2.45) is 10.9 Å². The number of urea groups is 1. The number of pyridine rings is 1. The van der Waals surface area contributed by atoms with E-state index in [0.717, 1.165) is 37.2 Å². The molecule has 10 heteroatoms. The fourth-order valence-electron chi connectivity index (χ4n) is 5.47. The number of nitrogens with zero attached hydrogens (tertiary/aromatic N) is 5. The topological polar surface area (TPSA) is 87.6 Å². The molecule has 3 amide bonds. The lowest BCUT2D eigenvalue weighted by atomic mass is 10.0. The van der Waals surface area contributed by atoms with Crippen LogP contribution in [0.25, 0.3) is 0 Å². The maximum absolute atomic E-state index is 13.9. The van der Waals surface area contributed by atoms with Gasteiger partial charge in [0.15, 0.2) is 11.6 Å². The number of carbonyl (C=O) groups is 2. The lowest BCUT2D eigenvalue weighted by Crippen LogP contribution is -2.55. The fraction of sp³-hybridized carbons (Fsp3) is 0.462. The minimum Gasteiger partial charge on any atom is -0.370 e. The van der Waals surface area contributed by atoms with Crippen molar-refractivity contribution in [1.29, 1.82) is 0 Å². The first-order valence-corrected chi connectivity index (χ1v) is 12.7. The predicted octanol–water partition coefficient (Wildman–Crippen LogP) is 3.83. The normalized spacial score (nSPS) is 22.9. The molecule has 1 spiro atoms. The predicted molar refractivity (Wildman–Crippen MR) is 135 cm³/mol. The summed E-state index contributed by atoms with van der Waals surface area (Å²) in [6.07, 6.45) is 3.34. The van der Waals surface area contributed by atoms with Gasteiger partial charge in [0.05, 0.1) is 37.3 Å². The molecule has 0 aliphatic carbocycles. The van der Waals surface area contributed by atoms with Crippen molar-refractivity contribution in [3.8, 4) is 0 Å². The second-order valence-electron chi connectivity index (χ2n) is 9.98. The van der Waals surface area contributed by atoms with Crippen LogP contribution >= 0.6 is 11.6 Å². The number of halogens is 1. The lowest BCUT2D eigenvalue weighted by Gasteiger charge is -2.40. The highest BCUT2D eigenvalue weighted by molar-refractivity contribution is 6.30. The quantitative estimate of drug-likeness (QED) is 0.622. The van der Waals surface area contributed by atoms with Gasteiger partial charge in [-0.3, -0.25) is 14.6 Å². The number of amides is 3. The van der Waals surface area contributed by atoms with Gasteiger partial charge >= 0.3 is 6.03 Å². The summed E-state index contributed by atoms with van der Waals surface area (Å²) >= 11 is 6.08. The van der Waals surface area contributed by atoms with E-state index in [4.69, 9.17) is 26.1 Å². The lowest BCUT2D eigenvalue weighted by molar-refractivity contribution is -0.169. The minimum absolute atomic E-state index is 0.0819. The number of benzene rings is 1. The zero-order chi connectivity index (χ0) is 25.0. The molecule has 0 N–H and O–H groups in total. The van der Waals surface area contributed by atoms with Gasteiger partial charge in [-0.05, 0) is 29.7 Å². The largest absolute Gasteiger partial charge is 0.370 e. The molecular weight excluding hydrogens is 482 g/mol. The van der Waals surface area contributed by atoms with Crippen LogP contribution in [-0.2, 0) is 20.8 Å². The molecule has 1 atom stereocenters. The van der Waals surface area contributed by atoms with Gasteiger partial charge in [-0.2, -0.15) is 4.99 Å². The number of rotatable bonds is 4. The Labute approximate surface area is 214 Å². The summed E-state index contributed by atoms with van der Waals surface area (Å²) < 4.78 is 11.7. The van der Waals surface area contributed by atoms with Crippen molar-refractivity contribution >= 4 is 40.7 Å². The smallest absolute Gasteiger partial charge is 0.331 e. The highest BCUT2D eigenvalue weighted by Gasteiger charge is 2.48. The van der Waals surface area contributed by atoms with Crippen LogP contribution < -0.4 is 9.80 Å². The zero-order valence-corrected chi connectivity index (χ0v) is 21.1. The zero-order valence-electron chi connectivity index (χ0n) is 20.3. The Morgan fingerprint density at radius 1 is 1.11 bits per heavy atom. The van der Waals surface area contributed by atoms with Crippen molar-refractivity contribution in [1.82, 2.24) is 9.88 Å². The van der Waals surface area contributed by atoms with Gasteiger partial charge in [-0.25, -0.2) is 9.78 Å². The Kier molecular flexibility index (Phi) is 5.74. The number of hydrogen-bond acceptors (Lipinski definition) is 6. The van der Waals surface area contributed by atoms with E-state index < -0.39 is 11.8 Å². The van der Waals surface area contributed by atoms with Gasteiger partial charge in [0.2, 0.25) is 0 Å². The molecule has 1 aromatic carbocycles. The molecule has 4 aliphatic rings. The van der Waals surface area contributed by atoms with Crippen molar-refractivity contribution in [3.05, 3.63) is 52.8 Å². The maximum Gasteiger partial charge on any atom is 0.331 e. The number of amidine groups is 1. The molecule has 6 rings (SSSR count). The highest BCUT2D eigenvalue weighted by atomic mass is 35.5. The number of aromatic nitrogens is 1. The molecule has 1 aromatic heterocycles. The molecule has 188 valence electrons. The second kappa shape index (κ2) is 8.83. The Balaban J connectivity index is 1.37. The minimum atomic E-state index is -0.639. The molecule has 9 nitrogen and oxygen atoms in total. The van der Waals surface area contributed by atoms with Crippen LogP contribution in [0.3, 0.4) is 0 Å². The van der Waals surface area contributed by atoms with Crippen molar-refractivity contribution < 1.29 is 19.1 Å². The number of aliphatic imine (C=N–C) groups is 1. The SMILES string of the molecule is CC(C)C1C(=O)N=C2c3ncc(N4CCC5(CC4)OCCO5)cc3N(Cc3ccc(Cl)cc3)C(=O)N21. The number of ether oxygens (including phenoxy) is 2. The van der Waals surface area contributed by atoms with Gasteiger partial charge in [0.25, 0.3) is 5.91 Å². The molecular formula is C26H28ClN5O4. The van der Waals surface area contributed by atoms with E-state index in [1.807, 2.05) is 32.0 Å². The molecule has 2 fully saturated rings. The van der Waals surface area contributed by atoms with Gasteiger partial charge in [0.1, 0.15) is 11.7 Å². The van der Waals surface area contributed by atoms with E-state index in [9.17, 15) is 9.59 Å². The standard InChI is InChI=1S/C26H28ClN5O4/c1-16(2)22-24(33)29-23-21-20(31(25(34)32(22)23)15-17-3-5-18(27)6-4-17)13-19(14-28-21)30-9-7-26(8-10-30)35-11-12-36-26/h3-6,13-14,16,22H,7-12,15H2,1-2H3. The van der Waals surface area contributed by atoms with Crippen molar-refractivity contribution in [3.63, 3.8) is 0 Å². The molecule has 1 unspecified atom stereocenters. The van der Waals surface area contributed by atoms with E-state index in [-0.39, 0.29) is 17.9 Å². The third kappa shape index (κ3) is 3.86. The fourth-order valence-corrected chi connectivity index (χ4v) is 5.60. The van der Waals surface area contributed by atoms with Gasteiger partial charge in [0, 0.05) is 31.0 Å². The van der Waals surface area contributed by atoms with Crippen LogP contribution in [0.5, 0.6) is 0 Å². The monoisotopic (exact) mass is 509 g/mol. The van der Waals surface area contributed by atoms with Crippen LogP contribution in [0.2, 0.25) is 5.02 Å². The summed E-state index contributed by atoms with van der Waals surface area (Å²) in [7, 11) is 0. The number of piperidine rings is 1. The molecule has 0 bridgehead atoms. The molecule has 36 heavy (non-hydrogen) atoms. The summed E-state index contributed by atoms with van der Waals surface area (Å²) in [5.41, 5.74) is 3.02. The first kappa shape index (κ1) is 23.4. The third-order valence-electron chi connectivity index (χ3n) is 7.36. The Morgan fingerprint density at radius 3 is 2.47 bits per heavy atom. The van der Waals surface area contributed by atoms with Crippen LogP contribution in [0.15, 0.2) is 41.5 Å². The number of anilines is 2. The van der Waals surface area contributed by atoms with Crippen LogP contribution in [0, 0.1) is 5.92 Å². The molecule has 2 aromatic rings. The van der Waals surface area contributed by atoms with Crippen LogP contribution in [0.1, 0.15) is 37.9 Å². The number of carbonyl (C=O) groups excluding carboxylic acids is 2. The highest BCUT2D eigenvalue weighted by Crippen LogP contribution is 2.39. The van der Waals surface area contributed by atoms with Crippen LogP contribution in [0.4, 0.5) is 16.2 Å². The van der Waals surface area contributed by atoms with Gasteiger partial charge < -0.3 is 14.4 Å². The molecule has 2 saturated heterocycles. The van der Waals surface area contributed by atoms with Gasteiger partial charge in [-0.1, -0.05) is 37.6 Å². The van der Waals surface area contributed by atoms with E-state index in [2.05, 4.69) is 9.89 Å². The van der Waals surface area contributed by atoms with E-state index in [1.54, 1.807) is 23.2 Å². The molecule has 0 saturated carbocycles. The Hall–Kier alpha value is -3.01. The van der Waals surface area contributed by atoms with Crippen molar-refractivity contribution in [2.45, 2.75) is 45.1 Å². The summed E-state index contributed by atoms with van der Waals surface area (Å²) in [5, 5.41) is 0.630. The summed E-state index contributed by atoms with van der Waals surface area (Å²) in [5.74, 6) is -0.527. The molecule has 4 aliphatic heterocycles. The summed E-state index contributed by atoms with van der Waals surface area (Å²) in [6, 6.07) is 8.48. The molecule has 5 heterocycles. The number of hydrogen-bond donors (Lipinski definition) is 0. The molecule has 0 radical (unpaired) electrons. The first-order chi connectivity index (χ1) is 17.3. The van der Waals surface area contributed by atoms with Crippen LogP contribution in [-0.4, -0.2) is 65.8 Å². The van der Waals surface area contributed by atoms with Crippen molar-refractivity contribution in [2.75, 3.05) is 36.1 Å². The van der Waals surface area contributed by atoms with Gasteiger partial charge in [-0.15, -0.1) is 0 Å². The van der Waals surface area contributed by atoms with E-state index >= 15 is 0 Å². The van der Waals surface area contributed by atoms with E-state index in [0.29, 0.717) is 42.0 Å². The number of fused-ring (bicyclic) bond motifs is 3. The Bertz CT molecular complexity index is 1230. The summed E-state index contributed by atoms with van der Waals surface area (Å²) in [6.45, 7) is 6.95. The average molecular weight is 510 g/mol.